The SMILES string of the molecule is Cc1cc(N=Nc2cc(OCCCS(=O)(=O)O)c(N)cc2C)c(C)cc1N=Nc1ccc2cccc(OCCCS(=O)(=O)O)c2c1.O=S(=O)=O. The van der Waals surface area contributed by atoms with E-state index in [1.165, 1.54) is 0 Å². The molecule has 0 aliphatic carbocycles. The molecule has 50 heavy (non-hydrogen) atoms. The highest BCUT2D eigenvalue weighted by Crippen LogP contribution is 2.35. The Morgan fingerprint density at radius 2 is 1.14 bits per heavy atom. The van der Waals surface area contributed by atoms with Gasteiger partial charge in [0.05, 0.1) is 53.2 Å². The van der Waals surface area contributed by atoms with E-state index in [0.29, 0.717) is 39.9 Å². The van der Waals surface area contributed by atoms with Gasteiger partial charge in [-0.2, -0.15) is 37.3 Å². The number of nitrogens with zero attached hydrogens (tertiary/aromatic N) is 4. The Bertz CT molecular complexity index is 2240. The van der Waals surface area contributed by atoms with Crippen LogP contribution < -0.4 is 15.2 Å². The number of benzene rings is 4. The lowest BCUT2D eigenvalue weighted by Crippen LogP contribution is -2.09. The molecule has 0 saturated heterocycles. The first kappa shape index (κ1) is 39.6. The smallest absolute Gasteiger partial charge is 0.425 e. The van der Waals surface area contributed by atoms with Gasteiger partial charge in [0.25, 0.3) is 20.2 Å². The number of rotatable bonds is 14. The Kier molecular flexibility index (Phi) is 14.0. The first-order chi connectivity index (χ1) is 23.4. The summed E-state index contributed by atoms with van der Waals surface area (Å²) in [5.74, 6) is 0.112. The summed E-state index contributed by atoms with van der Waals surface area (Å²) in [6, 6.07) is 18.1. The number of azo groups is 2. The molecule has 4 N–H and O–H groups in total. The maximum absolute atomic E-state index is 11.0. The van der Waals surface area contributed by atoms with Gasteiger partial charge in [-0.3, -0.25) is 9.11 Å². The molecule has 0 heterocycles. The Balaban J connectivity index is 0.00000160. The number of hydrogen-bond acceptors (Lipinski definition) is 14. The third kappa shape index (κ3) is 13.2. The van der Waals surface area contributed by atoms with Crippen LogP contribution in [0.25, 0.3) is 10.8 Å². The Labute approximate surface area is 290 Å². The van der Waals surface area contributed by atoms with Crippen molar-refractivity contribution < 1.29 is 48.0 Å². The predicted molar refractivity (Wildman–Crippen MR) is 187 cm³/mol. The topological polar surface area (TPSA) is 254 Å². The van der Waals surface area contributed by atoms with Gasteiger partial charge in [0.1, 0.15) is 11.5 Å². The van der Waals surface area contributed by atoms with Crippen LogP contribution in [0, 0.1) is 20.8 Å². The fourth-order valence-corrected chi connectivity index (χ4v) is 5.39. The summed E-state index contributed by atoms with van der Waals surface area (Å²) < 4.78 is 98.4. The molecule has 0 aliphatic rings. The molecule has 0 amide bonds. The van der Waals surface area contributed by atoms with Crippen molar-refractivity contribution in [2.45, 2.75) is 33.6 Å². The molecule has 4 rings (SSSR count). The maximum Gasteiger partial charge on any atom is 0.425 e. The first-order valence-electron chi connectivity index (χ1n) is 14.7. The van der Waals surface area contributed by atoms with Crippen molar-refractivity contribution in [2.24, 2.45) is 20.5 Å². The largest absolute Gasteiger partial charge is 0.493 e. The molecule has 0 aromatic heterocycles. The zero-order valence-electron chi connectivity index (χ0n) is 27.2. The molecular formula is C31H35N5O11S3. The van der Waals surface area contributed by atoms with Gasteiger partial charge in [0.2, 0.25) is 0 Å². The quantitative estimate of drug-likeness (QED) is 0.0541. The summed E-state index contributed by atoms with van der Waals surface area (Å²) in [5.41, 5.74) is 11.2. The Morgan fingerprint density at radius 1 is 0.660 bits per heavy atom. The van der Waals surface area contributed by atoms with Crippen LogP contribution >= 0.6 is 0 Å². The molecule has 268 valence electrons. The summed E-state index contributed by atoms with van der Waals surface area (Å²) >= 11 is 0. The molecule has 0 saturated carbocycles. The van der Waals surface area contributed by atoms with E-state index >= 15 is 0 Å². The van der Waals surface area contributed by atoms with E-state index in [0.717, 1.165) is 27.5 Å². The van der Waals surface area contributed by atoms with Crippen LogP contribution in [0.4, 0.5) is 28.4 Å². The highest BCUT2D eigenvalue weighted by atomic mass is 32.2. The van der Waals surface area contributed by atoms with Crippen LogP contribution in [0.1, 0.15) is 29.5 Å². The number of nitrogen functional groups attached to an aromatic ring is 1. The van der Waals surface area contributed by atoms with Crippen molar-refractivity contribution in [1.82, 2.24) is 0 Å². The summed E-state index contributed by atoms with van der Waals surface area (Å²) in [4.78, 5) is 0. The van der Waals surface area contributed by atoms with E-state index in [2.05, 4.69) is 20.5 Å². The van der Waals surface area contributed by atoms with Crippen LogP contribution in [0.15, 0.2) is 81.1 Å². The van der Waals surface area contributed by atoms with E-state index in [1.807, 2.05) is 63.2 Å². The fourth-order valence-electron chi connectivity index (χ4n) is 4.42. The monoisotopic (exact) mass is 749 g/mol. The molecule has 4 aromatic carbocycles. The molecule has 0 radical (unpaired) electrons. The molecular weight excluding hydrogens is 715 g/mol. The highest BCUT2D eigenvalue weighted by Gasteiger charge is 2.11. The summed E-state index contributed by atoms with van der Waals surface area (Å²) in [7, 11) is -11.2. The van der Waals surface area contributed by atoms with Gasteiger partial charge >= 0.3 is 10.6 Å². The number of aryl methyl sites for hydroxylation is 3. The van der Waals surface area contributed by atoms with Gasteiger partial charge in [-0.1, -0.05) is 18.2 Å². The molecule has 16 nitrogen and oxygen atoms in total. The van der Waals surface area contributed by atoms with E-state index in [-0.39, 0.29) is 31.8 Å². The average molecular weight is 750 g/mol. The summed E-state index contributed by atoms with van der Waals surface area (Å²) in [5, 5.41) is 19.4. The third-order valence-corrected chi connectivity index (χ3v) is 8.42. The third-order valence-electron chi connectivity index (χ3n) is 6.82. The van der Waals surface area contributed by atoms with Crippen LogP contribution in [-0.4, -0.2) is 63.3 Å². The van der Waals surface area contributed by atoms with E-state index in [4.69, 9.17) is 36.9 Å². The molecule has 0 spiro atoms. The summed E-state index contributed by atoms with van der Waals surface area (Å²) in [6.07, 6.45) is 0.253. The van der Waals surface area contributed by atoms with Gasteiger partial charge < -0.3 is 15.2 Å². The summed E-state index contributed by atoms with van der Waals surface area (Å²) in [6.45, 7) is 5.78. The van der Waals surface area contributed by atoms with Gasteiger partial charge in [0.15, 0.2) is 0 Å². The normalized spacial score (nSPS) is 11.9. The number of nitrogens with two attached hydrogens (primary N) is 1. The van der Waals surface area contributed by atoms with Crippen LogP contribution in [0.3, 0.4) is 0 Å². The lowest BCUT2D eigenvalue weighted by molar-refractivity contribution is 0.318. The minimum atomic E-state index is -4.07. The van der Waals surface area contributed by atoms with Crippen LogP contribution in [0.2, 0.25) is 0 Å². The van der Waals surface area contributed by atoms with E-state index in [9.17, 15) is 16.8 Å². The standard InChI is InChI=1S/C31H35N5O8S2.O3S/c1-20-15-26(32)31(44-12-6-14-46(40,41)42)19-29(20)36-35-28-17-21(2)27(16-22(28)3)34-33-24-10-9-23-7-4-8-30(25(23)18-24)43-11-5-13-45(37,38)39;1-4(2)3/h4,7-10,15-19H,5-6,11-14,32H2,1-3H3,(H,37,38,39)(H,40,41,42);. The number of anilines is 1. The zero-order chi connectivity index (χ0) is 37.1. The van der Waals surface area contributed by atoms with Gasteiger partial charge in [0, 0.05) is 11.5 Å². The Hall–Kier alpha value is -4.82. The Morgan fingerprint density at radius 3 is 1.68 bits per heavy atom. The lowest BCUT2D eigenvalue weighted by atomic mass is 10.1. The number of hydrogen-bond donors (Lipinski definition) is 3. The molecule has 0 atom stereocenters. The number of ether oxygens (including phenoxy) is 2. The van der Waals surface area contributed by atoms with Gasteiger partial charge in [-0.25, -0.2) is 0 Å². The van der Waals surface area contributed by atoms with Gasteiger partial charge in [-0.15, -0.1) is 12.6 Å². The van der Waals surface area contributed by atoms with Crippen LogP contribution in [-0.2, 0) is 30.8 Å². The van der Waals surface area contributed by atoms with E-state index in [1.54, 1.807) is 18.2 Å². The lowest BCUT2D eigenvalue weighted by Gasteiger charge is -2.11. The molecule has 4 aromatic rings. The average Bonchev–Trinajstić information content (AvgIpc) is 3.01. The second-order valence-electron chi connectivity index (χ2n) is 10.8. The zero-order valence-corrected chi connectivity index (χ0v) is 29.6. The number of fused-ring (bicyclic) bond motifs is 1. The van der Waals surface area contributed by atoms with Crippen molar-refractivity contribution in [3.05, 3.63) is 77.4 Å². The minimum Gasteiger partial charge on any atom is -0.493 e. The van der Waals surface area contributed by atoms with Crippen molar-refractivity contribution in [2.75, 3.05) is 30.5 Å². The second-order valence-corrected chi connectivity index (χ2v) is 14.4. The van der Waals surface area contributed by atoms with Crippen molar-refractivity contribution in [3.63, 3.8) is 0 Å². The first-order valence-corrected chi connectivity index (χ1v) is 18.9. The van der Waals surface area contributed by atoms with E-state index < -0.39 is 36.6 Å². The molecule has 0 fully saturated rings. The maximum atomic E-state index is 11.0. The van der Waals surface area contributed by atoms with Gasteiger partial charge in [-0.05, 0) is 92.1 Å². The second kappa shape index (κ2) is 17.7. The molecule has 19 heteroatoms. The fraction of sp³-hybridized carbons (Fsp3) is 0.290. The van der Waals surface area contributed by atoms with Crippen molar-refractivity contribution in [3.8, 4) is 11.5 Å². The molecule has 0 unspecified atom stereocenters. The van der Waals surface area contributed by atoms with Crippen molar-refractivity contribution >= 4 is 70.1 Å². The van der Waals surface area contributed by atoms with Crippen molar-refractivity contribution in [1.29, 1.82) is 0 Å². The minimum absolute atomic E-state index is 0.0474. The highest BCUT2D eigenvalue weighted by molar-refractivity contribution is 7.86. The molecule has 0 aliphatic heterocycles. The predicted octanol–water partition coefficient (Wildman–Crippen LogP) is 6.49. The van der Waals surface area contributed by atoms with Crippen LogP contribution in [0.5, 0.6) is 11.5 Å². The molecule has 0 bridgehead atoms.